The lowest BCUT2D eigenvalue weighted by Gasteiger charge is -2.22. The molecule has 1 aliphatic carbocycles. The van der Waals surface area contributed by atoms with Gasteiger partial charge in [-0.2, -0.15) is 0 Å². The molecule has 0 aromatic heterocycles. The summed E-state index contributed by atoms with van der Waals surface area (Å²) in [5.74, 6) is -1.51. The molecule has 2 atom stereocenters. The van der Waals surface area contributed by atoms with Gasteiger partial charge in [-0.3, -0.25) is 0 Å². The highest BCUT2D eigenvalue weighted by atomic mass is 16.6. The normalized spacial score (nSPS) is 46.0. The van der Waals surface area contributed by atoms with E-state index in [-0.39, 0.29) is 12.2 Å². The van der Waals surface area contributed by atoms with E-state index in [1.807, 2.05) is 0 Å². The van der Waals surface area contributed by atoms with Crippen molar-refractivity contribution in [2.45, 2.75) is 37.3 Å². The number of rotatable bonds is 0. The van der Waals surface area contributed by atoms with E-state index in [0.717, 1.165) is 12.8 Å². The summed E-state index contributed by atoms with van der Waals surface area (Å²) in [5, 5.41) is 18.2. The number of hydrogen-bond acceptors (Lipinski definition) is 3. The molecule has 2 fully saturated rings. The average Bonchev–Trinajstić information content (AvgIpc) is 2.43. The SMILES string of the molecule is OC1(O)CCCC2OC21. The van der Waals surface area contributed by atoms with Gasteiger partial charge in [0, 0.05) is 6.42 Å². The van der Waals surface area contributed by atoms with Gasteiger partial charge in [0.2, 0.25) is 0 Å². The third-order valence-electron chi connectivity index (χ3n) is 2.07. The molecule has 1 saturated heterocycles. The molecule has 2 rings (SSSR count). The van der Waals surface area contributed by atoms with Crippen LogP contribution < -0.4 is 0 Å². The number of hydrogen-bond donors (Lipinski definition) is 2. The van der Waals surface area contributed by atoms with Crippen molar-refractivity contribution in [3.63, 3.8) is 0 Å². The van der Waals surface area contributed by atoms with E-state index >= 15 is 0 Å². The lowest BCUT2D eigenvalue weighted by Crippen LogP contribution is -2.38. The molecular weight excluding hydrogens is 120 g/mol. The monoisotopic (exact) mass is 130 g/mol. The van der Waals surface area contributed by atoms with Gasteiger partial charge >= 0.3 is 0 Å². The Morgan fingerprint density at radius 1 is 1.44 bits per heavy atom. The minimum absolute atomic E-state index is 0.147. The van der Waals surface area contributed by atoms with Crippen molar-refractivity contribution in [3.8, 4) is 0 Å². The first-order valence-corrected chi connectivity index (χ1v) is 3.30. The van der Waals surface area contributed by atoms with Crippen LogP contribution in [-0.4, -0.2) is 28.2 Å². The molecule has 2 N–H and O–H groups in total. The zero-order valence-electron chi connectivity index (χ0n) is 5.08. The van der Waals surface area contributed by atoms with Crippen molar-refractivity contribution in [1.29, 1.82) is 0 Å². The molecular formula is C6H10O3. The van der Waals surface area contributed by atoms with Gasteiger partial charge in [-0.15, -0.1) is 0 Å². The third-order valence-corrected chi connectivity index (χ3v) is 2.07. The Balaban J connectivity index is 2.09. The van der Waals surface area contributed by atoms with Gasteiger partial charge in [-0.1, -0.05) is 0 Å². The highest BCUT2D eigenvalue weighted by Crippen LogP contribution is 2.41. The summed E-state index contributed by atoms with van der Waals surface area (Å²) in [5.41, 5.74) is 0. The van der Waals surface area contributed by atoms with Crippen LogP contribution in [0.2, 0.25) is 0 Å². The smallest absolute Gasteiger partial charge is 0.192 e. The molecule has 0 radical (unpaired) electrons. The fourth-order valence-corrected chi connectivity index (χ4v) is 1.47. The molecule has 9 heavy (non-hydrogen) atoms. The van der Waals surface area contributed by atoms with Crippen molar-refractivity contribution in [3.05, 3.63) is 0 Å². The minimum Gasteiger partial charge on any atom is -0.364 e. The standard InChI is InChI=1S/C6H10O3/c7-6(8)3-1-2-4-5(6)9-4/h4-5,7-8H,1-3H2. The van der Waals surface area contributed by atoms with E-state index < -0.39 is 5.79 Å². The summed E-state index contributed by atoms with van der Waals surface area (Å²) in [4.78, 5) is 0. The van der Waals surface area contributed by atoms with Crippen LogP contribution >= 0.6 is 0 Å². The maximum atomic E-state index is 9.12. The van der Waals surface area contributed by atoms with Gasteiger partial charge in [0.25, 0.3) is 0 Å². The molecule has 52 valence electrons. The average molecular weight is 130 g/mol. The van der Waals surface area contributed by atoms with E-state index in [1.54, 1.807) is 0 Å². The van der Waals surface area contributed by atoms with E-state index in [2.05, 4.69) is 0 Å². The molecule has 1 saturated carbocycles. The molecule has 1 aliphatic heterocycles. The number of fused-ring (bicyclic) bond motifs is 1. The van der Waals surface area contributed by atoms with Crippen LogP contribution in [0.1, 0.15) is 19.3 Å². The van der Waals surface area contributed by atoms with Gasteiger partial charge in [0.15, 0.2) is 5.79 Å². The second-order valence-electron chi connectivity index (χ2n) is 2.87. The molecule has 2 unspecified atom stereocenters. The fourth-order valence-electron chi connectivity index (χ4n) is 1.47. The van der Waals surface area contributed by atoms with Gasteiger partial charge < -0.3 is 14.9 Å². The van der Waals surface area contributed by atoms with Gasteiger partial charge in [-0.25, -0.2) is 0 Å². The number of aliphatic hydroxyl groups is 2. The van der Waals surface area contributed by atoms with Crippen LogP contribution in [0, 0.1) is 0 Å². The summed E-state index contributed by atoms with van der Waals surface area (Å²) in [7, 11) is 0. The van der Waals surface area contributed by atoms with Crippen LogP contribution in [0.4, 0.5) is 0 Å². The molecule has 0 spiro atoms. The first-order chi connectivity index (χ1) is 4.20. The molecule has 1 heterocycles. The highest BCUT2D eigenvalue weighted by Gasteiger charge is 2.55. The van der Waals surface area contributed by atoms with Crippen molar-refractivity contribution in [1.82, 2.24) is 0 Å². The van der Waals surface area contributed by atoms with E-state index in [0.29, 0.717) is 6.42 Å². The Morgan fingerprint density at radius 2 is 2.22 bits per heavy atom. The van der Waals surface area contributed by atoms with Crippen LogP contribution in [0.25, 0.3) is 0 Å². The van der Waals surface area contributed by atoms with E-state index in [9.17, 15) is 0 Å². The summed E-state index contributed by atoms with van der Waals surface area (Å²) in [6.07, 6.45) is 2.20. The van der Waals surface area contributed by atoms with E-state index in [1.165, 1.54) is 0 Å². The minimum atomic E-state index is -1.51. The first-order valence-electron chi connectivity index (χ1n) is 3.30. The summed E-state index contributed by atoms with van der Waals surface area (Å²) >= 11 is 0. The summed E-state index contributed by atoms with van der Waals surface area (Å²) in [6, 6.07) is 0. The quantitative estimate of drug-likeness (QED) is 0.347. The van der Waals surface area contributed by atoms with Crippen molar-refractivity contribution in [2.75, 3.05) is 0 Å². The zero-order valence-corrected chi connectivity index (χ0v) is 5.08. The van der Waals surface area contributed by atoms with Crippen LogP contribution in [0.15, 0.2) is 0 Å². The second kappa shape index (κ2) is 1.48. The fraction of sp³-hybridized carbons (Fsp3) is 1.00. The molecule has 0 amide bonds. The van der Waals surface area contributed by atoms with Crippen molar-refractivity contribution < 1.29 is 14.9 Å². The number of epoxide rings is 1. The zero-order chi connectivity index (χ0) is 6.48. The van der Waals surface area contributed by atoms with Crippen LogP contribution in [0.5, 0.6) is 0 Å². The van der Waals surface area contributed by atoms with Gasteiger partial charge in [-0.05, 0) is 12.8 Å². The number of ether oxygens (including phenoxy) is 1. The summed E-state index contributed by atoms with van der Waals surface area (Å²) < 4.78 is 4.99. The molecule has 0 aromatic carbocycles. The lowest BCUT2D eigenvalue weighted by atomic mass is 9.95. The molecule has 3 nitrogen and oxygen atoms in total. The Kier molecular flexibility index (Phi) is 0.928. The van der Waals surface area contributed by atoms with Crippen molar-refractivity contribution >= 4 is 0 Å². The second-order valence-corrected chi connectivity index (χ2v) is 2.87. The predicted molar refractivity (Wildman–Crippen MR) is 29.7 cm³/mol. The Bertz CT molecular complexity index is 132. The van der Waals surface area contributed by atoms with Crippen LogP contribution in [-0.2, 0) is 4.74 Å². The van der Waals surface area contributed by atoms with Crippen LogP contribution in [0.3, 0.4) is 0 Å². The van der Waals surface area contributed by atoms with Gasteiger partial charge in [0.05, 0.1) is 6.10 Å². The largest absolute Gasteiger partial charge is 0.364 e. The highest BCUT2D eigenvalue weighted by molar-refractivity contribution is 4.98. The Hall–Kier alpha value is -0.120. The van der Waals surface area contributed by atoms with Gasteiger partial charge in [0.1, 0.15) is 6.10 Å². The maximum absolute atomic E-state index is 9.12. The summed E-state index contributed by atoms with van der Waals surface area (Å²) in [6.45, 7) is 0. The molecule has 0 aromatic rings. The predicted octanol–water partition coefficient (Wildman–Crippen LogP) is -0.381. The molecule has 3 heteroatoms. The maximum Gasteiger partial charge on any atom is 0.192 e. The first kappa shape index (κ1) is 5.65. The topological polar surface area (TPSA) is 53.0 Å². The lowest BCUT2D eigenvalue weighted by molar-refractivity contribution is -0.183. The van der Waals surface area contributed by atoms with Crippen molar-refractivity contribution in [2.24, 2.45) is 0 Å². The Morgan fingerprint density at radius 3 is 2.78 bits per heavy atom. The Labute approximate surface area is 53.3 Å². The molecule has 2 aliphatic rings. The molecule has 0 bridgehead atoms. The third kappa shape index (κ3) is 0.764. The van der Waals surface area contributed by atoms with E-state index in [4.69, 9.17) is 14.9 Å².